The molecule has 0 atom stereocenters. The Hall–Kier alpha value is -2.64. The van der Waals surface area contributed by atoms with Gasteiger partial charge in [-0.1, -0.05) is 46.6 Å². The Morgan fingerprint density at radius 1 is 1.23 bits per heavy atom. The smallest absolute Gasteiger partial charge is 0.246 e. The van der Waals surface area contributed by atoms with E-state index in [0.717, 1.165) is 11.3 Å². The van der Waals surface area contributed by atoms with E-state index in [9.17, 15) is 0 Å². The molecular weight excluding hydrogens is 372 g/mol. The minimum atomic E-state index is 0.314. The summed E-state index contributed by atoms with van der Waals surface area (Å²) in [6, 6.07) is 13.2. The average molecular weight is 389 g/mol. The lowest BCUT2D eigenvalue weighted by Crippen LogP contribution is -2.28. The summed E-state index contributed by atoms with van der Waals surface area (Å²) < 4.78 is 10.4. The summed E-state index contributed by atoms with van der Waals surface area (Å²) in [6.07, 6.45) is 0. The molecule has 134 valence electrons. The molecule has 1 heterocycles. The second kappa shape index (κ2) is 8.16. The van der Waals surface area contributed by atoms with Crippen LogP contribution in [-0.4, -0.2) is 22.4 Å². The zero-order valence-electron chi connectivity index (χ0n) is 14.2. The van der Waals surface area contributed by atoms with Gasteiger partial charge in [-0.15, -0.1) is 0 Å². The fraction of sp³-hybridized carbons (Fsp3) is 0.167. The van der Waals surface area contributed by atoms with Gasteiger partial charge < -0.3 is 19.9 Å². The van der Waals surface area contributed by atoms with Gasteiger partial charge in [-0.2, -0.15) is 4.98 Å². The standard InChI is InChI=1S/C18H17ClN4O2S/c1-11-3-5-12(6-4-11)17-22-16(25-23-17)10-20-18(26)21-13-7-8-15(24-2)14(19)9-13/h3-9H,10H2,1-2H3,(H2,20,21,26). The van der Waals surface area contributed by atoms with Crippen molar-refractivity contribution in [2.75, 3.05) is 12.4 Å². The number of aryl methyl sites for hydroxylation is 1. The van der Waals surface area contributed by atoms with Crippen LogP contribution < -0.4 is 15.4 Å². The van der Waals surface area contributed by atoms with Gasteiger partial charge in [0.15, 0.2) is 5.11 Å². The maximum atomic E-state index is 6.09. The van der Waals surface area contributed by atoms with Crippen molar-refractivity contribution in [2.45, 2.75) is 13.5 Å². The summed E-state index contributed by atoms with van der Waals surface area (Å²) in [5.41, 5.74) is 2.83. The average Bonchev–Trinajstić information content (AvgIpc) is 3.10. The van der Waals surface area contributed by atoms with Gasteiger partial charge >= 0.3 is 0 Å². The van der Waals surface area contributed by atoms with Gasteiger partial charge in [0.05, 0.1) is 18.7 Å². The van der Waals surface area contributed by atoms with Crippen LogP contribution in [0.4, 0.5) is 5.69 Å². The molecule has 0 aliphatic rings. The predicted octanol–water partition coefficient (Wildman–Crippen LogP) is 4.19. The molecule has 26 heavy (non-hydrogen) atoms. The van der Waals surface area contributed by atoms with E-state index in [4.69, 9.17) is 33.1 Å². The fourth-order valence-electron chi connectivity index (χ4n) is 2.22. The molecule has 0 radical (unpaired) electrons. The van der Waals surface area contributed by atoms with Crippen LogP contribution in [0.1, 0.15) is 11.5 Å². The number of hydrogen-bond acceptors (Lipinski definition) is 5. The van der Waals surface area contributed by atoms with Gasteiger partial charge in [0.1, 0.15) is 5.75 Å². The zero-order chi connectivity index (χ0) is 18.5. The number of nitrogens with zero attached hydrogens (tertiary/aromatic N) is 2. The first-order valence-electron chi connectivity index (χ1n) is 7.83. The number of hydrogen-bond donors (Lipinski definition) is 2. The summed E-state index contributed by atoms with van der Waals surface area (Å²) in [5, 5.41) is 11.0. The molecule has 0 bridgehead atoms. The van der Waals surface area contributed by atoms with Crippen molar-refractivity contribution >= 4 is 34.6 Å². The van der Waals surface area contributed by atoms with Crippen LogP contribution in [0.5, 0.6) is 5.75 Å². The second-order valence-electron chi connectivity index (χ2n) is 5.53. The molecule has 0 saturated heterocycles. The van der Waals surface area contributed by atoms with Crippen LogP contribution >= 0.6 is 23.8 Å². The normalized spacial score (nSPS) is 10.4. The number of aromatic nitrogens is 2. The highest BCUT2D eigenvalue weighted by Gasteiger charge is 2.09. The third-order valence-corrected chi connectivity index (χ3v) is 4.13. The first-order chi connectivity index (χ1) is 12.5. The Kier molecular flexibility index (Phi) is 5.70. The minimum absolute atomic E-state index is 0.314. The van der Waals surface area contributed by atoms with Crippen molar-refractivity contribution in [3.8, 4) is 17.1 Å². The molecule has 3 aromatic rings. The molecule has 0 unspecified atom stereocenters. The van der Waals surface area contributed by atoms with Crippen LogP contribution in [0.3, 0.4) is 0 Å². The molecule has 3 rings (SSSR count). The van der Waals surface area contributed by atoms with Crippen molar-refractivity contribution in [1.82, 2.24) is 15.5 Å². The number of anilines is 1. The van der Waals surface area contributed by atoms with Gasteiger partial charge in [-0.25, -0.2) is 0 Å². The Bertz CT molecular complexity index is 912. The third kappa shape index (κ3) is 4.50. The minimum Gasteiger partial charge on any atom is -0.495 e. The monoisotopic (exact) mass is 388 g/mol. The number of nitrogens with one attached hydrogen (secondary N) is 2. The maximum absolute atomic E-state index is 6.09. The first kappa shape index (κ1) is 18.2. The second-order valence-corrected chi connectivity index (χ2v) is 6.35. The summed E-state index contributed by atoms with van der Waals surface area (Å²) in [5.74, 6) is 1.59. The topological polar surface area (TPSA) is 72.2 Å². The number of ether oxygens (including phenoxy) is 1. The Morgan fingerprint density at radius 3 is 2.69 bits per heavy atom. The van der Waals surface area contributed by atoms with Crippen LogP contribution in [0.15, 0.2) is 47.0 Å². The van der Waals surface area contributed by atoms with Gasteiger partial charge in [-0.3, -0.25) is 0 Å². The molecule has 2 aromatic carbocycles. The van der Waals surface area contributed by atoms with E-state index < -0.39 is 0 Å². The SMILES string of the molecule is COc1ccc(NC(=S)NCc2nc(-c3ccc(C)cc3)no2)cc1Cl. The lowest BCUT2D eigenvalue weighted by molar-refractivity contribution is 0.376. The molecule has 0 amide bonds. The number of halogens is 1. The lowest BCUT2D eigenvalue weighted by atomic mass is 10.1. The van der Waals surface area contributed by atoms with Crippen molar-refractivity contribution in [3.05, 3.63) is 58.9 Å². The van der Waals surface area contributed by atoms with Gasteiger partial charge in [0.25, 0.3) is 0 Å². The number of methoxy groups -OCH3 is 1. The third-order valence-electron chi connectivity index (χ3n) is 3.59. The van der Waals surface area contributed by atoms with Crippen molar-refractivity contribution in [1.29, 1.82) is 0 Å². The predicted molar refractivity (Wildman–Crippen MR) is 106 cm³/mol. The summed E-state index contributed by atoms with van der Waals surface area (Å²) in [6.45, 7) is 2.34. The molecule has 0 aliphatic carbocycles. The fourth-order valence-corrected chi connectivity index (χ4v) is 2.67. The van der Waals surface area contributed by atoms with E-state index in [1.54, 1.807) is 19.2 Å². The highest BCUT2D eigenvalue weighted by Crippen LogP contribution is 2.27. The Morgan fingerprint density at radius 2 is 2.00 bits per heavy atom. The van der Waals surface area contributed by atoms with E-state index in [2.05, 4.69) is 20.8 Å². The zero-order valence-corrected chi connectivity index (χ0v) is 15.8. The molecule has 0 aliphatic heterocycles. The largest absolute Gasteiger partial charge is 0.495 e. The summed E-state index contributed by atoms with van der Waals surface area (Å²) in [7, 11) is 1.57. The van der Waals surface area contributed by atoms with Crippen molar-refractivity contribution < 1.29 is 9.26 Å². The van der Waals surface area contributed by atoms with E-state index in [1.807, 2.05) is 37.3 Å². The van der Waals surface area contributed by atoms with Gasteiger partial charge in [0, 0.05) is 11.3 Å². The molecule has 0 spiro atoms. The van der Waals surface area contributed by atoms with E-state index >= 15 is 0 Å². The summed E-state index contributed by atoms with van der Waals surface area (Å²) >= 11 is 11.4. The van der Waals surface area contributed by atoms with Crippen molar-refractivity contribution in [2.24, 2.45) is 0 Å². The molecule has 0 saturated carbocycles. The number of rotatable bonds is 5. The first-order valence-corrected chi connectivity index (χ1v) is 8.62. The Labute approximate surface area is 161 Å². The van der Waals surface area contributed by atoms with E-state index in [0.29, 0.717) is 34.1 Å². The summed E-state index contributed by atoms with van der Waals surface area (Å²) in [4.78, 5) is 4.36. The Balaban J connectivity index is 1.56. The molecule has 6 nitrogen and oxygen atoms in total. The lowest BCUT2D eigenvalue weighted by Gasteiger charge is -2.10. The number of benzene rings is 2. The molecule has 8 heteroatoms. The molecule has 2 N–H and O–H groups in total. The molecule has 1 aromatic heterocycles. The van der Waals surface area contributed by atoms with Gasteiger partial charge in [-0.05, 0) is 37.3 Å². The highest BCUT2D eigenvalue weighted by molar-refractivity contribution is 7.80. The molecule has 0 fully saturated rings. The molecular formula is C18H17ClN4O2S. The number of thiocarbonyl (C=S) groups is 1. The van der Waals surface area contributed by atoms with E-state index in [1.165, 1.54) is 5.56 Å². The van der Waals surface area contributed by atoms with Crippen LogP contribution in [0, 0.1) is 6.92 Å². The quantitative estimate of drug-likeness (QED) is 0.635. The maximum Gasteiger partial charge on any atom is 0.246 e. The van der Waals surface area contributed by atoms with Crippen LogP contribution in [0.25, 0.3) is 11.4 Å². The van der Waals surface area contributed by atoms with Crippen LogP contribution in [0.2, 0.25) is 5.02 Å². The van der Waals surface area contributed by atoms with Gasteiger partial charge in [0.2, 0.25) is 11.7 Å². The van der Waals surface area contributed by atoms with Crippen LogP contribution in [-0.2, 0) is 6.54 Å². The highest BCUT2D eigenvalue weighted by atomic mass is 35.5. The van der Waals surface area contributed by atoms with Crippen molar-refractivity contribution in [3.63, 3.8) is 0 Å². The van der Waals surface area contributed by atoms with E-state index in [-0.39, 0.29) is 0 Å².